The Balaban J connectivity index is 2.23. The van der Waals surface area contributed by atoms with Crippen LogP contribution < -0.4 is 5.73 Å². The minimum absolute atomic E-state index is 0.408. The van der Waals surface area contributed by atoms with E-state index in [1.807, 2.05) is 0 Å². The summed E-state index contributed by atoms with van der Waals surface area (Å²) < 4.78 is 0. The molecule has 1 atom stereocenters. The molecule has 2 aromatic rings. The maximum absolute atomic E-state index is 5.95. The monoisotopic (exact) mass is 239 g/mol. The minimum atomic E-state index is 0.408. The van der Waals surface area contributed by atoms with Crippen molar-refractivity contribution in [2.45, 2.75) is 26.2 Å². The Morgan fingerprint density at radius 2 is 1.78 bits per heavy atom. The Morgan fingerprint density at radius 1 is 1.00 bits per heavy atom. The van der Waals surface area contributed by atoms with Gasteiger partial charge < -0.3 is 5.73 Å². The molecule has 1 unspecified atom stereocenters. The number of hydrogen-bond donors (Lipinski definition) is 1. The third-order valence-corrected chi connectivity index (χ3v) is 3.53. The van der Waals surface area contributed by atoms with Gasteiger partial charge in [-0.25, -0.2) is 0 Å². The molecule has 1 nitrogen and oxygen atoms in total. The highest BCUT2D eigenvalue weighted by Crippen LogP contribution is 2.22. The van der Waals surface area contributed by atoms with Crippen LogP contribution in [-0.2, 0) is 6.42 Å². The van der Waals surface area contributed by atoms with Gasteiger partial charge in [-0.05, 0) is 43.5 Å². The summed E-state index contributed by atoms with van der Waals surface area (Å²) in [7, 11) is 0. The maximum Gasteiger partial charge on any atom is 0.000177 e. The van der Waals surface area contributed by atoms with Gasteiger partial charge in [-0.2, -0.15) is 0 Å². The zero-order chi connectivity index (χ0) is 13.0. The summed E-state index contributed by atoms with van der Waals surface area (Å²) in [6.45, 7) is 4.99. The van der Waals surface area contributed by atoms with Crippen molar-refractivity contribution in [3.63, 3.8) is 0 Å². The van der Waals surface area contributed by atoms with Gasteiger partial charge in [0.15, 0.2) is 0 Å². The standard InChI is InChI=1S/C17H21N/c1-13-6-5-9-16(10-13)17(12-18)11-15-8-4-3-7-14(15)2/h3-10,17H,11-12,18H2,1-2H3. The van der Waals surface area contributed by atoms with Crippen molar-refractivity contribution < 1.29 is 0 Å². The molecule has 1 heteroatoms. The first kappa shape index (κ1) is 12.8. The van der Waals surface area contributed by atoms with Crippen molar-refractivity contribution in [1.29, 1.82) is 0 Å². The van der Waals surface area contributed by atoms with E-state index in [0.717, 1.165) is 6.42 Å². The SMILES string of the molecule is Cc1cccc(C(CN)Cc2ccccc2C)c1. The molecule has 0 aliphatic rings. The third-order valence-electron chi connectivity index (χ3n) is 3.53. The molecule has 0 saturated heterocycles. The Hall–Kier alpha value is -1.60. The minimum Gasteiger partial charge on any atom is -0.330 e. The van der Waals surface area contributed by atoms with Crippen LogP contribution in [0.2, 0.25) is 0 Å². The second kappa shape index (κ2) is 5.83. The summed E-state index contributed by atoms with van der Waals surface area (Å²) in [5.41, 5.74) is 11.4. The largest absolute Gasteiger partial charge is 0.330 e. The van der Waals surface area contributed by atoms with Gasteiger partial charge in [0.05, 0.1) is 0 Å². The van der Waals surface area contributed by atoms with E-state index in [9.17, 15) is 0 Å². The molecule has 0 aromatic heterocycles. The van der Waals surface area contributed by atoms with E-state index in [4.69, 9.17) is 5.73 Å². The van der Waals surface area contributed by atoms with Crippen LogP contribution in [0.5, 0.6) is 0 Å². The molecule has 0 bridgehead atoms. The predicted octanol–water partition coefficient (Wildman–Crippen LogP) is 3.59. The lowest BCUT2D eigenvalue weighted by molar-refractivity contribution is 0.691. The summed E-state index contributed by atoms with van der Waals surface area (Å²) in [6.07, 6.45) is 1.02. The molecular weight excluding hydrogens is 218 g/mol. The van der Waals surface area contributed by atoms with Crippen molar-refractivity contribution in [2.24, 2.45) is 5.73 Å². The topological polar surface area (TPSA) is 26.0 Å². The van der Waals surface area contributed by atoms with Gasteiger partial charge in [0.2, 0.25) is 0 Å². The second-order valence-corrected chi connectivity index (χ2v) is 4.98. The van der Waals surface area contributed by atoms with E-state index in [-0.39, 0.29) is 0 Å². The van der Waals surface area contributed by atoms with Crippen LogP contribution in [0.3, 0.4) is 0 Å². The van der Waals surface area contributed by atoms with Crippen molar-refractivity contribution in [3.05, 3.63) is 70.8 Å². The molecule has 2 rings (SSSR count). The molecule has 0 amide bonds. The number of rotatable bonds is 4. The van der Waals surface area contributed by atoms with E-state index >= 15 is 0 Å². The van der Waals surface area contributed by atoms with Crippen LogP contribution in [0.25, 0.3) is 0 Å². The Bertz CT molecular complexity index is 517. The van der Waals surface area contributed by atoms with Gasteiger partial charge in [0.25, 0.3) is 0 Å². The quantitative estimate of drug-likeness (QED) is 0.867. The first-order valence-corrected chi connectivity index (χ1v) is 6.52. The summed E-state index contributed by atoms with van der Waals surface area (Å²) in [4.78, 5) is 0. The molecule has 94 valence electrons. The average molecular weight is 239 g/mol. The fourth-order valence-corrected chi connectivity index (χ4v) is 2.37. The molecule has 2 aromatic carbocycles. The number of hydrogen-bond acceptors (Lipinski definition) is 1. The highest BCUT2D eigenvalue weighted by molar-refractivity contribution is 5.31. The molecule has 0 saturated carbocycles. The smallest absolute Gasteiger partial charge is 0.000177 e. The normalized spacial score (nSPS) is 12.4. The zero-order valence-corrected chi connectivity index (χ0v) is 11.2. The van der Waals surface area contributed by atoms with Crippen LogP contribution in [0.4, 0.5) is 0 Å². The fourth-order valence-electron chi connectivity index (χ4n) is 2.37. The second-order valence-electron chi connectivity index (χ2n) is 4.98. The zero-order valence-electron chi connectivity index (χ0n) is 11.2. The third kappa shape index (κ3) is 2.99. The molecule has 18 heavy (non-hydrogen) atoms. The average Bonchev–Trinajstić information content (AvgIpc) is 2.38. The van der Waals surface area contributed by atoms with E-state index in [2.05, 4.69) is 62.4 Å². The van der Waals surface area contributed by atoms with E-state index in [0.29, 0.717) is 12.5 Å². The molecule has 0 aliphatic heterocycles. The van der Waals surface area contributed by atoms with Gasteiger partial charge >= 0.3 is 0 Å². The van der Waals surface area contributed by atoms with Crippen LogP contribution >= 0.6 is 0 Å². The molecule has 2 N–H and O–H groups in total. The molecule has 0 aliphatic carbocycles. The Morgan fingerprint density at radius 3 is 2.44 bits per heavy atom. The number of benzene rings is 2. The van der Waals surface area contributed by atoms with Gasteiger partial charge in [-0.1, -0.05) is 54.1 Å². The summed E-state index contributed by atoms with van der Waals surface area (Å²) in [5.74, 6) is 0.408. The van der Waals surface area contributed by atoms with Crippen molar-refractivity contribution in [3.8, 4) is 0 Å². The molecular formula is C17H21N. The molecule has 0 radical (unpaired) electrons. The van der Waals surface area contributed by atoms with E-state index in [1.54, 1.807) is 0 Å². The lowest BCUT2D eigenvalue weighted by Crippen LogP contribution is -2.15. The highest BCUT2D eigenvalue weighted by atomic mass is 14.5. The van der Waals surface area contributed by atoms with Crippen molar-refractivity contribution in [2.75, 3.05) is 6.54 Å². The number of nitrogens with two attached hydrogens (primary N) is 1. The van der Waals surface area contributed by atoms with Crippen molar-refractivity contribution in [1.82, 2.24) is 0 Å². The Labute approximate surface area is 110 Å². The van der Waals surface area contributed by atoms with Crippen molar-refractivity contribution >= 4 is 0 Å². The van der Waals surface area contributed by atoms with Crippen LogP contribution in [0.15, 0.2) is 48.5 Å². The van der Waals surface area contributed by atoms with Gasteiger partial charge in [0, 0.05) is 5.92 Å². The van der Waals surface area contributed by atoms with E-state index in [1.165, 1.54) is 22.3 Å². The first-order valence-electron chi connectivity index (χ1n) is 6.52. The highest BCUT2D eigenvalue weighted by Gasteiger charge is 2.11. The first-order chi connectivity index (χ1) is 8.70. The maximum atomic E-state index is 5.95. The van der Waals surface area contributed by atoms with Crippen LogP contribution in [-0.4, -0.2) is 6.54 Å². The van der Waals surface area contributed by atoms with Gasteiger partial charge in [-0.15, -0.1) is 0 Å². The van der Waals surface area contributed by atoms with Crippen LogP contribution in [0, 0.1) is 13.8 Å². The summed E-state index contributed by atoms with van der Waals surface area (Å²) in [5, 5.41) is 0. The lowest BCUT2D eigenvalue weighted by atomic mass is 9.89. The number of aryl methyl sites for hydroxylation is 2. The molecule has 0 fully saturated rings. The summed E-state index contributed by atoms with van der Waals surface area (Å²) >= 11 is 0. The summed E-state index contributed by atoms with van der Waals surface area (Å²) in [6, 6.07) is 17.2. The fraction of sp³-hybridized carbons (Fsp3) is 0.294. The Kier molecular flexibility index (Phi) is 4.16. The molecule has 0 heterocycles. The lowest BCUT2D eigenvalue weighted by Gasteiger charge is -2.17. The van der Waals surface area contributed by atoms with Gasteiger partial charge in [0.1, 0.15) is 0 Å². The molecule has 0 spiro atoms. The predicted molar refractivity (Wildman–Crippen MR) is 77.9 cm³/mol. The van der Waals surface area contributed by atoms with Gasteiger partial charge in [-0.3, -0.25) is 0 Å². The van der Waals surface area contributed by atoms with Crippen LogP contribution in [0.1, 0.15) is 28.2 Å². The van der Waals surface area contributed by atoms with E-state index < -0.39 is 0 Å².